The molecule has 1 saturated heterocycles. The van der Waals surface area contributed by atoms with Crippen LogP contribution in [0.25, 0.3) is 6.08 Å². The lowest BCUT2D eigenvalue weighted by Crippen LogP contribution is -2.41. The van der Waals surface area contributed by atoms with E-state index in [1.165, 1.54) is 0 Å². The lowest BCUT2D eigenvalue weighted by atomic mass is 9.79. The normalized spacial score (nSPS) is 22.5. The maximum absolute atomic E-state index is 5.98. The molecule has 1 aliphatic heterocycles. The summed E-state index contributed by atoms with van der Waals surface area (Å²) in [6.07, 6.45) is 5.42. The van der Waals surface area contributed by atoms with Crippen LogP contribution in [-0.2, 0) is 9.31 Å². The molecule has 2 rings (SSSR count). The molecule has 0 bridgehead atoms. The van der Waals surface area contributed by atoms with Crippen LogP contribution in [0.5, 0.6) is 0 Å². The standard InChI is InChI=1S/C12H19BN2O2S/c1-11(2)12(3,4)17-13(16-11)9(8-18)7-10-14-5-6-15-10/h5-7,18H,8H2,1-4H3,(H,14,15). The SMILES string of the molecule is CC1(C)OB(C(=Cc2ncc[nH]2)CS)OC1(C)C. The fourth-order valence-electron chi connectivity index (χ4n) is 1.71. The van der Waals surface area contributed by atoms with Gasteiger partial charge in [-0.05, 0) is 39.2 Å². The highest BCUT2D eigenvalue weighted by atomic mass is 32.1. The third-order valence-electron chi connectivity index (χ3n) is 3.58. The van der Waals surface area contributed by atoms with Crippen LogP contribution in [0.1, 0.15) is 33.5 Å². The van der Waals surface area contributed by atoms with Crippen LogP contribution in [0.15, 0.2) is 17.9 Å². The first-order valence-corrected chi connectivity index (χ1v) is 6.65. The number of H-pyrrole nitrogens is 1. The van der Waals surface area contributed by atoms with E-state index in [9.17, 15) is 0 Å². The smallest absolute Gasteiger partial charge is 0.400 e. The van der Waals surface area contributed by atoms with Crippen LogP contribution in [0.3, 0.4) is 0 Å². The van der Waals surface area contributed by atoms with Crippen molar-refractivity contribution >= 4 is 25.8 Å². The molecule has 1 N–H and O–H groups in total. The van der Waals surface area contributed by atoms with Crippen LogP contribution in [0.4, 0.5) is 0 Å². The Bertz CT molecular complexity index is 427. The number of hydrogen-bond acceptors (Lipinski definition) is 4. The molecule has 2 heterocycles. The fraction of sp³-hybridized carbons (Fsp3) is 0.583. The maximum atomic E-state index is 5.98. The first kappa shape index (κ1) is 13.7. The number of imidazole rings is 1. The summed E-state index contributed by atoms with van der Waals surface area (Å²) >= 11 is 4.35. The average Bonchev–Trinajstić information content (AvgIpc) is 2.82. The monoisotopic (exact) mass is 266 g/mol. The Kier molecular flexibility index (Phi) is 3.62. The van der Waals surface area contributed by atoms with E-state index in [1.54, 1.807) is 12.4 Å². The van der Waals surface area contributed by atoms with Gasteiger partial charge in [-0.1, -0.05) is 0 Å². The maximum Gasteiger partial charge on any atom is 0.491 e. The molecule has 1 fully saturated rings. The van der Waals surface area contributed by atoms with Gasteiger partial charge in [0.05, 0.1) is 11.2 Å². The molecule has 1 aromatic heterocycles. The number of thiol groups is 1. The predicted molar refractivity (Wildman–Crippen MR) is 76.5 cm³/mol. The minimum Gasteiger partial charge on any atom is -0.400 e. The third kappa shape index (κ3) is 2.51. The predicted octanol–water partition coefficient (Wildman–Crippen LogP) is 2.35. The highest BCUT2D eigenvalue weighted by Crippen LogP contribution is 2.38. The van der Waals surface area contributed by atoms with Crippen molar-refractivity contribution in [2.45, 2.75) is 38.9 Å². The largest absolute Gasteiger partial charge is 0.491 e. The van der Waals surface area contributed by atoms with E-state index in [0.29, 0.717) is 5.75 Å². The van der Waals surface area contributed by atoms with Gasteiger partial charge in [0.2, 0.25) is 0 Å². The Morgan fingerprint density at radius 3 is 2.44 bits per heavy atom. The molecule has 18 heavy (non-hydrogen) atoms. The Morgan fingerprint density at radius 1 is 1.39 bits per heavy atom. The van der Waals surface area contributed by atoms with E-state index in [0.717, 1.165) is 11.3 Å². The molecule has 1 aliphatic rings. The molecule has 98 valence electrons. The van der Waals surface area contributed by atoms with Gasteiger partial charge in [0, 0.05) is 18.1 Å². The second-order valence-corrected chi connectivity index (χ2v) is 5.76. The zero-order valence-corrected chi connectivity index (χ0v) is 12.1. The lowest BCUT2D eigenvalue weighted by molar-refractivity contribution is 0.00578. The summed E-state index contributed by atoms with van der Waals surface area (Å²) in [5, 5.41) is 0. The number of hydrogen-bond donors (Lipinski definition) is 2. The van der Waals surface area contributed by atoms with Crippen molar-refractivity contribution in [3.8, 4) is 0 Å². The second-order valence-electron chi connectivity index (χ2n) is 5.44. The topological polar surface area (TPSA) is 47.1 Å². The van der Waals surface area contributed by atoms with Gasteiger partial charge in [0.1, 0.15) is 5.82 Å². The number of nitrogens with one attached hydrogen (secondary N) is 1. The molecule has 0 saturated carbocycles. The van der Waals surface area contributed by atoms with Crippen LogP contribution in [-0.4, -0.2) is 34.0 Å². The Labute approximate surface area is 114 Å². The highest BCUT2D eigenvalue weighted by molar-refractivity contribution is 7.80. The summed E-state index contributed by atoms with van der Waals surface area (Å²) in [5.41, 5.74) is 0.304. The van der Waals surface area contributed by atoms with Gasteiger partial charge in [-0.25, -0.2) is 4.98 Å². The highest BCUT2D eigenvalue weighted by Gasteiger charge is 2.52. The molecule has 0 aromatic carbocycles. The summed E-state index contributed by atoms with van der Waals surface area (Å²) in [6.45, 7) is 8.15. The van der Waals surface area contributed by atoms with Gasteiger partial charge in [-0.2, -0.15) is 12.6 Å². The molecule has 0 atom stereocenters. The van der Waals surface area contributed by atoms with E-state index < -0.39 is 0 Å². The Balaban J connectivity index is 2.22. The van der Waals surface area contributed by atoms with Crippen molar-refractivity contribution in [1.29, 1.82) is 0 Å². The van der Waals surface area contributed by atoms with Gasteiger partial charge in [-0.3, -0.25) is 0 Å². The van der Waals surface area contributed by atoms with E-state index in [1.807, 2.05) is 33.8 Å². The van der Waals surface area contributed by atoms with E-state index >= 15 is 0 Å². The molecular weight excluding hydrogens is 247 g/mol. The summed E-state index contributed by atoms with van der Waals surface area (Å²) in [4.78, 5) is 7.21. The first-order valence-electron chi connectivity index (χ1n) is 6.02. The van der Waals surface area contributed by atoms with Gasteiger partial charge < -0.3 is 14.3 Å². The first-order chi connectivity index (χ1) is 8.36. The molecule has 1 aromatic rings. The molecule has 0 unspecified atom stereocenters. The van der Waals surface area contributed by atoms with Crippen molar-refractivity contribution < 1.29 is 9.31 Å². The van der Waals surface area contributed by atoms with Crippen LogP contribution in [0, 0.1) is 0 Å². The minimum atomic E-state index is -0.363. The number of aromatic nitrogens is 2. The summed E-state index contributed by atoms with van der Waals surface area (Å²) < 4.78 is 12.0. The van der Waals surface area contributed by atoms with Gasteiger partial charge in [-0.15, -0.1) is 0 Å². The van der Waals surface area contributed by atoms with E-state index in [4.69, 9.17) is 9.31 Å². The molecule has 6 heteroatoms. The molecule has 0 spiro atoms. The van der Waals surface area contributed by atoms with Crippen molar-refractivity contribution in [2.75, 3.05) is 5.75 Å². The molecule has 4 nitrogen and oxygen atoms in total. The molecule has 0 radical (unpaired) electrons. The van der Waals surface area contributed by atoms with Crippen molar-refractivity contribution in [3.05, 3.63) is 23.7 Å². The van der Waals surface area contributed by atoms with Crippen LogP contribution < -0.4 is 0 Å². The van der Waals surface area contributed by atoms with E-state index in [-0.39, 0.29) is 18.3 Å². The molecule has 0 amide bonds. The summed E-state index contributed by atoms with van der Waals surface area (Å²) in [6, 6.07) is 0. The summed E-state index contributed by atoms with van der Waals surface area (Å²) in [5.74, 6) is 1.35. The van der Waals surface area contributed by atoms with Crippen molar-refractivity contribution in [2.24, 2.45) is 0 Å². The Hall–Kier alpha value is -0.715. The van der Waals surface area contributed by atoms with Gasteiger partial charge >= 0.3 is 7.12 Å². The lowest BCUT2D eigenvalue weighted by Gasteiger charge is -2.32. The van der Waals surface area contributed by atoms with Crippen molar-refractivity contribution in [3.63, 3.8) is 0 Å². The Morgan fingerprint density at radius 2 is 2.00 bits per heavy atom. The fourth-order valence-corrected chi connectivity index (χ4v) is 1.96. The minimum absolute atomic E-state index is 0.330. The number of rotatable bonds is 3. The quantitative estimate of drug-likeness (QED) is 0.652. The van der Waals surface area contributed by atoms with Crippen molar-refractivity contribution in [1.82, 2.24) is 9.97 Å². The van der Waals surface area contributed by atoms with Crippen LogP contribution >= 0.6 is 12.6 Å². The summed E-state index contributed by atoms with van der Waals surface area (Å²) in [7, 11) is -0.363. The third-order valence-corrected chi connectivity index (χ3v) is 3.95. The number of nitrogens with zero attached hydrogens (tertiary/aromatic N) is 1. The number of aromatic amines is 1. The van der Waals surface area contributed by atoms with Gasteiger partial charge in [0.15, 0.2) is 0 Å². The van der Waals surface area contributed by atoms with Crippen LogP contribution in [0.2, 0.25) is 0 Å². The zero-order valence-electron chi connectivity index (χ0n) is 11.2. The second kappa shape index (κ2) is 4.76. The molecular formula is C12H19BN2O2S. The van der Waals surface area contributed by atoms with Gasteiger partial charge in [0.25, 0.3) is 0 Å². The van der Waals surface area contributed by atoms with E-state index in [2.05, 4.69) is 22.6 Å². The zero-order chi connectivity index (χ0) is 13.4. The molecule has 0 aliphatic carbocycles. The average molecular weight is 266 g/mol.